The Balaban J connectivity index is 1.33. The SMILES string of the molecule is Cc1nc(C2CCCN2C(=O)CCCOc2cccc(F)c2)ncc1C(=O)N1CCCC1. The molecule has 7 nitrogen and oxygen atoms in total. The Morgan fingerprint density at radius 3 is 2.75 bits per heavy atom. The van der Waals surface area contributed by atoms with E-state index in [4.69, 9.17) is 4.74 Å². The summed E-state index contributed by atoms with van der Waals surface area (Å²) in [5.41, 5.74) is 1.20. The Kier molecular flexibility index (Phi) is 6.97. The molecule has 170 valence electrons. The first-order valence-corrected chi connectivity index (χ1v) is 11.3. The van der Waals surface area contributed by atoms with Crippen LogP contribution in [0.5, 0.6) is 5.75 Å². The van der Waals surface area contributed by atoms with Gasteiger partial charge in [-0.3, -0.25) is 9.59 Å². The van der Waals surface area contributed by atoms with Gasteiger partial charge in [0.05, 0.1) is 23.9 Å². The summed E-state index contributed by atoms with van der Waals surface area (Å²) in [4.78, 5) is 38.3. The first-order chi connectivity index (χ1) is 15.5. The van der Waals surface area contributed by atoms with E-state index in [1.807, 2.05) is 16.7 Å². The summed E-state index contributed by atoms with van der Waals surface area (Å²) in [7, 11) is 0. The lowest BCUT2D eigenvalue weighted by Gasteiger charge is -2.24. The minimum Gasteiger partial charge on any atom is -0.493 e. The van der Waals surface area contributed by atoms with Crippen molar-refractivity contribution in [3.63, 3.8) is 0 Å². The van der Waals surface area contributed by atoms with Gasteiger partial charge >= 0.3 is 0 Å². The van der Waals surface area contributed by atoms with Crippen LogP contribution < -0.4 is 4.74 Å². The second kappa shape index (κ2) is 10.1. The van der Waals surface area contributed by atoms with E-state index in [9.17, 15) is 14.0 Å². The quantitative estimate of drug-likeness (QED) is 0.614. The van der Waals surface area contributed by atoms with Crippen molar-refractivity contribution in [3.05, 3.63) is 53.4 Å². The molecular formula is C24H29FN4O3. The standard InChI is InChI=1S/C24H29FN4O3/c1-17-20(24(31)28-11-2-3-12-28)16-26-23(27-17)21-9-5-13-29(21)22(30)10-6-14-32-19-8-4-7-18(25)15-19/h4,7-8,15-16,21H,2-3,5-6,9-14H2,1H3. The van der Waals surface area contributed by atoms with Crippen molar-refractivity contribution in [2.45, 2.75) is 51.5 Å². The number of nitrogens with zero attached hydrogens (tertiary/aromatic N) is 4. The molecule has 1 aromatic carbocycles. The van der Waals surface area contributed by atoms with Gasteiger partial charge in [0.15, 0.2) is 5.82 Å². The smallest absolute Gasteiger partial charge is 0.257 e. The van der Waals surface area contributed by atoms with Crippen LogP contribution in [0.2, 0.25) is 0 Å². The first kappa shape index (κ1) is 22.2. The van der Waals surface area contributed by atoms with E-state index in [1.165, 1.54) is 12.1 Å². The third kappa shape index (κ3) is 5.06. The van der Waals surface area contributed by atoms with Gasteiger partial charge in [0.1, 0.15) is 11.6 Å². The third-order valence-electron chi connectivity index (χ3n) is 6.09. The van der Waals surface area contributed by atoms with Crippen molar-refractivity contribution in [2.75, 3.05) is 26.2 Å². The number of hydrogen-bond donors (Lipinski definition) is 0. The highest BCUT2D eigenvalue weighted by molar-refractivity contribution is 5.95. The van der Waals surface area contributed by atoms with Crippen molar-refractivity contribution in [1.82, 2.24) is 19.8 Å². The summed E-state index contributed by atoms with van der Waals surface area (Å²) in [5.74, 6) is 0.742. The number of benzene rings is 1. The number of amides is 2. The molecule has 0 N–H and O–H groups in total. The molecule has 2 aromatic rings. The van der Waals surface area contributed by atoms with Crippen LogP contribution in [0.4, 0.5) is 4.39 Å². The maximum absolute atomic E-state index is 13.2. The highest BCUT2D eigenvalue weighted by Gasteiger charge is 2.32. The average Bonchev–Trinajstić information content (AvgIpc) is 3.48. The van der Waals surface area contributed by atoms with Crippen LogP contribution in [0.25, 0.3) is 0 Å². The zero-order valence-corrected chi connectivity index (χ0v) is 18.4. The number of aryl methyl sites for hydroxylation is 1. The topological polar surface area (TPSA) is 75.6 Å². The second-order valence-corrected chi connectivity index (χ2v) is 8.38. The lowest BCUT2D eigenvalue weighted by molar-refractivity contribution is -0.132. The predicted molar refractivity (Wildman–Crippen MR) is 117 cm³/mol. The van der Waals surface area contributed by atoms with Crippen LogP contribution in [-0.2, 0) is 4.79 Å². The second-order valence-electron chi connectivity index (χ2n) is 8.38. The van der Waals surface area contributed by atoms with E-state index in [1.54, 1.807) is 18.3 Å². The Labute approximate surface area is 187 Å². The highest BCUT2D eigenvalue weighted by atomic mass is 19.1. The summed E-state index contributed by atoms with van der Waals surface area (Å²) in [5, 5.41) is 0. The molecule has 0 saturated carbocycles. The molecule has 2 aliphatic heterocycles. The maximum Gasteiger partial charge on any atom is 0.257 e. The number of carbonyl (C=O) groups is 2. The summed E-state index contributed by atoms with van der Waals surface area (Å²) in [6.45, 7) is 4.42. The van der Waals surface area contributed by atoms with E-state index in [-0.39, 0.29) is 23.7 Å². The molecule has 0 aliphatic carbocycles. The molecule has 1 atom stereocenters. The normalized spacial score (nSPS) is 18.2. The molecule has 4 rings (SSSR count). The third-order valence-corrected chi connectivity index (χ3v) is 6.09. The fourth-order valence-electron chi connectivity index (χ4n) is 4.39. The van der Waals surface area contributed by atoms with Crippen LogP contribution in [0.3, 0.4) is 0 Å². The van der Waals surface area contributed by atoms with Crippen LogP contribution in [0, 0.1) is 12.7 Å². The number of hydrogen-bond acceptors (Lipinski definition) is 5. The number of carbonyl (C=O) groups excluding carboxylic acids is 2. The van der Waals surface area contributed by atoms with Crippen molar-refractivity contribution < 1.29 is 18.7 Å². The van der Waals surface area contributed by atoms with Crippen LogP contribution in [0.15, 0.2) is 30.5 Å². The Hall–Kier alpha value is -3.03. The van der Waals surface area contributed by atoms with Gasteiger partial charge in [0, 0.05) is 38.3 Å². The van der Waals surface area contributed by atoms with Crippen LogP contribution in [0.1, 0.15) is 66.4 Å². The Bertz CT molecular complexity index is 977. The highest BCUT2D eigenvalue weighted by Crippen LogP contribution is 2.31. The van der Waals surface area contributed by atoms with Crippen LogP contribution in [-0.4, -0.2) is 57.8 Å². The molecule has 1 aromatic heterocycles. The molecule has 32 heavy (non-hydrogen) atoms. The summed E-state index contributed by atoms with van der Waals surface area (Å²) >= 11 is 0. The molecule has 0 radical (unpaired) electrons. The van der Waals surface area contributed by atoms with Gasteiger partial charge in [-0.2, -0.15) is 0 Å². The van der Waals surface area contributed by atoms with E-state index >= 15 is 0 Å². The van der Waals surface area contributed by atoms with E-state index < -0.39 is 0 Å². The predicted octanol–water partition coefficient (Wildman–Crippen LogP) is 3.68. The molecule has 2 saturated heterocycles. The Morgan fingerprint density at radius 1 is 1.19 bits per heavy atom. The lowest BCUT2D eigenvalue weighted by atomic mass is 10.1. The van der Waals surface area contributed by atoms with Gasteiger partial charge in [-0.1, -0.05) is 6.07 Å². The number of rotatable bonds is 7. The van der Waals surface area contributed by atoms with Crippen molar-refractivity contribution in [1.29, 1.82) is 0 Å². The zero-order chi connectivity index (χ0) is 22.5. The monoisotopic (exact) mass is 440 g/mol. The van der Waals surface area contributed by atoms with Gasteiger partial charge in [-0.15, -0.1) is 0 Å². The van der Waals surface area contributed by atoms with E-state index in [2.05, 4.69) is 9.97 Å². The van der Waals surface area contributed by atoms with Gasteiger partial charge in [0.2, 0.25) is 5.91 Å². The average molecular weight is 441 g/mol. The summed E-state index contributed by atoms with van der Waals surface area (Å²) < 4.78 is 18.7. The molecule has 3 heterocycles. The van der Waals surface area contributed by atoms with Crippen molar-refractivity contribution in [3.8, 4) is 5.75 Å². The van der Waals surface area contributed by atoms with Gasteiger partial charge in [-0.05, 0) is 51.2 Å². The number of likely N-dealkylation sites (tertiary alicyclic amines) is 2. The summed E-state index contributed by atoms with van der Waals surface area (Å²) in [6, 6.07) is 5.82. The van der Waals surface area contributed by atoms with Gasteiger partial charge < -0.3 is 14.5 Å². The first-order valence-electron chi connectivity index (χ1n) is 11.3. The molecule has 2 fully saturated rings. The van der Waals surface area contributed by atoms with Crippen LogP contribution >= 0.6 is 0 Å². The van der Waals surface area contributed by atoms with E-state index in [0.717, 1.165) is 38.8 Å². The molecular weight excluding hydrogens is 411 g/mol. The number of halogens is 1. The molecule has 0 spiro atoms. The maximum atomic E-state index is 13.2. The molecule has 2 amide bonds. The summed E-state index contributed by atoms with van der Waals surface area (Å²) in [6.07, 6.45) is 6.29. The van der Waals surface area contributed by atoms with E-state index in [0.29, 0.717) is 48.8 Å². The van der Waals surface area contributed by atoms with Crippen molar-refractivity contribution >= 4 is 11.8 Å². The zero-order valence-electron chi connectivity index (χ0n) is 18.4. The van der Waals surface area contributed by atoms with Crippen molar-refractivity contribution in [2.24, 2.45) is 0 Å². The fourth-order valence-corrected chi connectivity index (χ4v) is 4.39. The molecule has 2 aliphatic rings. The minimum absolute atomic E-state index is 0.01000. The molecule has 1 unspecified atom stereocenters. The minimum atomic E-state index is -0.345. The number of aromatic nitrogens is 2. The fraction of sp³-hybridized carbons (Fsp3) is 0.500. The molecule has 8 heteroatoms. The molecule has 0 bridgehead atoms. The number of ether oxygens (including phenoxy) is 1. The lowest BCUT2D eigenvalue weighted by Crippen LogP contribution is -2.32. The van der Waals surface area contributed by atoms with Gasteiger partial charge in [-0.25, -0.2) is 14.4 Å². The largest absolute Gasteiger partial charge is 0.493 e. The Morgan fingerprint density at radius 2 is 2.00 bits per heavy atom. The van der Waals surface area contributed by atoms with Gasteiger partial charge in [0.25, 0.3) is 5.91 Å².